The number of carbonyl (C=O) groups is 1. The van der Waals surface area contributed by atoms with E-state index in [2.05, 4.69) is 10.3 Å². The lowest BCUT2D eigenvalue weighted by molar-refractivity contribution is 0.00909. The Morgan fingerprint density at radius 3 is 2.62 bits per heavy atom. The van der Waals surface area contributed by atoms with E-state index in [1.54, 1.807) is 9.58 Å². The maximum absolute atomic E-state index is 12.4. The van der Waals surface area contributed by atoms with E-state index in [-0.39, 0.29) is 18.3 Å². The van der Waals surface area contributed by atoms with Crippen molar-refractivity contribution in [3.63, 3.8) is 0 Å². The second-order valence-corrected chi connectivity index (χ2v) is 9.25. The molecule has 1 aromatic heterocycles. The number of hydrogen-bond acceptors (Lipinski definition) is 6. The van der Waals surface area contributed by atoms with Crippen molar-refractivity contribution in [1.29, 1.82) is 0 Å². The van der Waals surface area contributed by atoms with Crippen LogP contribution in [0.2, 0.25) is 0 Å². The minimum atomic E-state index is -3.34. The highest BCUT2D eigenvalue weighted by Crippen LogP contribution is 2.30. The first-order valence-corrected chi connectivity index (χ1v) is 9.62. The first-order valence-electron chi connectivity index (χ1n) is 8.01. The van der Waals surface area contributed by atoms with E-state index in [1.165, 1.54) is 4.31 Å². The molecule has 1 saturated heterocycles. The van der Waals surface area contributed by atoms with Crippen LogP contribution in [0.5, 0.6) is 0 Å². The minimum absolute atomic E-state index is 0.114. The maximum Gasteiger partial charge on any atom is 0.410 e. The van der Waals surface area contributed by atoms with Gasteiger partial charge in [0.2, 0.25) is 10.0 Å². The zero-order valence-electron chi connectivity index (χ0n) is 14.4. The number of ether oxygens (including phenoxy) is 1. The number of sulfonamides is 1. The molecule has 1 aromatic rings. The van der Waals surface area contributed by atoms with Crippen LogP contribution in [0.25, 0.3) is 0 Å². The molecule has 24 heavy (non-hydrogen) atoms. The van der Waals surface area contributed by atoms with Crippen LogP contribution in [-0.2, 0) is 27.8 Å². The molecule has 0 bridgehead atoms. The maximum atomic E-state index is 12.4. The molecule has 1 fully saturated rings. The zero-order valence-corrected chi connectivity index (χ0v) is 15.2. The number of nitrogens with zero attached hydrogens (tertiary/aromatic N) is 5. The fraction of sp³-hybridized carbons (Fsp3) is 0.786. The minimum Gasteiger partial charge on any atom is -0.444 e. The first kappa shape index (κ1) is 17.0. The fourth-order valence-corrected chi connectivity index (χ4v) is 4.45. The molecule has 1 atom stereocenters. The molecular formula is C14H23N5O4S. The Labute approximate surface area is 141 Å². The van der Waals surface area contributed by atoms with Gasteiger partial charge >= 0.3 is 6.09 Å². The van der Waals surface area contributed by atoms with Crippen LogP contribution >= 0.6 is 0 Å². The van der Waals surface area contributed by atoms with E-state index in [4.69, 9.17) is 4.74 Å². The Morgan fingerprint density at radius 2 is 2.04 bits per heavy atom. The largest absolute Gasteiger partial charge is 0.444 e. The zero-order chi connectivity index (χ0) is 17.7. The van der Waals surface area contributed by atoms with Crippen LogP contribution in [-0.4, -0.2) is 58.3 Å². The molecule has 0 aromatic carbocycles. The quantitative estimate of drug-likeness (QED) is 0.742. The number of fused-ring (bicyclic) bond motifs is 1. The fourth-order valence-electron chi connectivity index (χ4n) is 2.92. The highest BCUT2D eigenvalue weighted by atomic mass is 32.2. The van der Waals surface area contributed by atoms with E-state index in [0.717, 1.165) is 0 Å². The molecule has 0 N–H and O–H groups in total. The Hall–Kier alpha value is -1.84. The summed E-state index contributed by atoms with van der Waals surface area (Å²) in [5.74, 6) is 0.443. The molecule has 10 heteroatoms. The normalized spacial score (nSPS) is 23.2. The van der Waals surface area contributed by atoms with Gasteiger partial charge in [-0.15, -0.1) is 5.10 Å². The second kappa shape index (κ2) is 5.61. The summed E-state index contributed by atoms with van der Waals surface area (Å²) >= 11 is 0. The third-order valence-electron chi connectivity index (χ3n) is 4.07. The predicted octanol–water partition coefficient (Wildman–Crippen LogP) is 0.957. The predicted molar refractivity (Wildman–Crippen MR) is 87.0 cm³/mol. The Bertz CT molecular complexity index is 752. The van der Waals surface area contributed by atoms with Crippen molar-refractivity contribution in [1.82, 2.24) is 19.9 Å². The molecule has 1 unspecified atom stereocenters. The van der Waals surface area contributed by atoms with Crippen LogP contribution in [0.1, 0.15) is 39.8 Å². The standard InChI is InChI=1S/C14H23N5O4S/c1-10-8-18-11(9-17(10)13(20)23-14(2,3)4)12(15-16-18)19-6-5-7-24(19,21)22/h10H,5-9H2,1-4H3. The topological polar surface area (TPSA) is 97.6 Å². The first-order chi connectivity index (χ1) is 11.1. The Balaban J connectivity index is 1.88. The summed E-state index contributed by atoms with van der Waals surface area (Å²) in [6, 6.07) is -0.114. The average molecular weight is 357 g/mol. The lowest BCUT2D eigenvalue weighted by Gasteiger charge is -2.35. The molecule has 0 saturated carbocycles. The number of hydrogen-bond donors (Lipinski definition) is 0. The van der Waals surface area contributed by atoms with Crippen LogP contribution in [0.15, 0.2) is 0 Å². The lowest BCUT2D eigenvalue weighted by atomic mass is 10.2. The second-order valence-electron chi connectivity index (χ2n) is 7.24. The average Bonchev–Trinajstić information content (AvgIpc) is 2.97. The van der Waals surface area contributed by atoms with Crippen molar-refractivity contribution >= 4 is 21.9 Å². The number of amides is 1. The highest BCUT2D eigenvalue weighted by molar-refractivity contribution is 7.93. The van der Waals surface area contributed by atoms with Crippen LogP contribution in [0, 0.1) is 0 Å². The molecule has 1 amide bonds. The summed E-state index contributed by atoms with van der Waals surface area (Å²) in [6.07, 6.45) is 0.151. The molecule has 3 rings (SSSR count). The van der Waals surface area contributed by atoms with Gasteiger partial charge in [-0.25, -0.2) is 17.9 Å². The van der Waals surface area contributed by atoms with E-state index in [9.17, 15) is 13.2 Å². The number of anilines is 1. The monoisotopic (exact) mass is 357 g/mol. The molecule has 9 nitrogen and oxygen atoms in total. The van der Waals surface area contributed by atoms with Gasteiger partial charge in [0, 0.05) is 6.54 Å². The Kier molecular flexibility index (Phi) is 3.97. The van der Waals surface area contributed by atoms with Crippen LogP contribution in [0.3, 0.4) is 0 Å². The summed E-state index contributed by atoms with van der Waals surface area (Å²) in [5.41, 5.74) is 0.0397. The van der Waals surface area contributed by atoms with Gasteiger partial charge in [-0.1, -0.05) is 5.21 Å². The highest BCUT2D eigenvalue weighted by Gasteiger charge is 2.38. The van der Waals surface area contributed by atoms with E-state index < -0.39 is 21.7 Å². The summed E-state index contributed by atoms with van der Waals surface area (Å²) in [6.45, 7) is 8.42. The number of carbonyl (C=O) groups excluding carboxylic acids is 1. The third kappa shape index (κ3) is 3.06. The van der Waals surface area contributed by atoms with E-state index in [0.29, 0.717) is 31.0 Å². The molecule has 134 valence electrons. The lowest BCUT2D eigenvalue weighted by Crippen LogP contribution is -2.47. The van der Waals surface area contributed by atoms with Crippen molar-refractivity contribution in [3.05, 3.63) is 5.69 Å². The van der Waals surface area contributed by atoms with Crippen molar-refractivity contribution in [2.24, 2.45) is 0 Å². The van der Waals surface area contributed by atoms with Gasteiger partial charge < -0.3 is 4.74 Å². The summed E-state index contributed by atoms with van der Waals surface area (Å²) < 4.78 is 32.7. The van der Waals surface area contributed by atoms with Gasteiger partial charge in [0.15, 0.2) is 5.82 Å². The van der Waals surface area contributed by atoms with Crippen LogP contribution < -0.4 is 4.31 Å². The Morgan fingerprint density at radius 1 is 1.33 bits per heavy atom. The van der Waals surface area contributed by atoms with Crippen molar-refractivity contribution < 1.29 is 17.9 Å². The SMILES string of the molecule is CC1Cn2nnc(N3CCCS3(=O)=O)c2CN1C(=O)OC(C)(C)C. The van der Waals surface area contributed by atoms with E-state index >= 15 is 0 Å². The molecule has 2 aliphatic heterocycles. The van der Waals surface area contributed by atoms with Crippen molar-refractivity contribution in [3.8, 4) is 0 Å². The summed E-state index contributed by atoms with van der Waals surface area (Å²) in [7, 11) is -3.34. The smallest absolute Gasteiger partial charge is 0.410 e. The van der Waals surface area contributed by atoms with Gasteiger partial charge in [-0.05, 0) is 34.1 Å². The van der Waals surface area contributed by atoms with Crippen molar-refractivity contribution in [2.45, 2.75) is 58.8 Å². The molecule has 0 aliphatic carbocycles. The van der Waals surface area contributed by atoms with Gasteiger partial charge in [-0.2, -0.15) is 0 Å². The number of rotatable bonds is 1. The molecule has 3 heterocycles. The molecule has 0 radical (unpaired) electrons. The molecule has 0 spiro atoms. The van der Waals surface area contributed by atoms with Gasteiger partial charge in [0.1, 0.15) is 11.3 Å². The summed E-state index contributed by atoms with van der Waals surface area (Å²) in [4.78, 5) is 14.0. The third-order valence-corrected chi connectivity index (χ3v) is 5.90. The van der Waals surface area contributed by atoms with Gasteiger partial charge in [-0.3, -0.25) is 9.21 Å². The molecular weight excluding hydrogens is 334 g/mol. The van der Waals surface area contributed by atoms with Gasteiger partial charge in [0.25, 0.3) is 0 Å². The summed E-state index contributed by atoms with van der Waals surface area (Å²) in [5, 5.41) is 8.13. The number of aromatic nitrogens is 3. The van der Waals surface area contributed by atoms with Crippen molar-refractivity contribution in [2.75, 3.05) is 16.6 Å². The van der Waals surface area contributed by atoms with Gasteiger partial charge in [0.05, 0.1) is 24.9 Å². The van der Waals surface area contributed by atoms with E-state index in [1.807, 2.05) is 27.7 Å². The molecule has 2 aliphatic rings. The van der Waals surface area contributed by atoms with Crippen LogP contribution in [0.4, 0.5) is 10.6 Å².